The molecule has 120 valence electrons. The highest BCUT2D eigenvalue weighted by Crippen LogP contribution is 2.21. The smallest absolute Gasteiger partial charge is 0.220 e. The van der Waals surface area contributed by atoms with Crippen LogP contribution in [0.1, 0.15) is 34.3 Å². The number of carbonyl (C=O) groups is 2. The Hall–Kier alpha value is -2.62. The molecule has 0 aliphatic rings. The lowest BCUT2D eigenvalue weighted by molar-refractivity contribution is -0.121. The van der Waals surface area contributed by atoms with E-state index in [9.17, 15) is 9.59 Å². The molecular weight excluding hydrogens is 290 g/mol. The van der Waals surface area contributed by atoms with Crippen molar-refractivity contribution in [3.63, 3.8) is 0 Å². The summed E-state index contributed by atoms with van der Waals surface area (Å²) in [6.45, 7) is 2.39. The number of ether oxygens (including phenoxy) is 1. The molecule has 0 bridgehead atoms. The lowest BCUT2D eigenvalue weighted by Crippen LogP contribution is -2.23. The van der Waals surface area contributed by atoms with Crippen LogP contribution in [0, 0.1) is 6.92 Å². The molecule has 0 heterocycles. The van der Waals surface area contributed by atoms with Gasteiger partial charge in [-0.2, -0.15) is 0 Å². The number of rotatable bonds is 7. The van der Waals surface area contributed by atoms with Gasteiger partial charge in [-0.15, -0.1) is 0 Å². The van der Waals surface area contributed by atoms with Gasteiger partial charge in [0.1, 0.15) is 5.75 Å². The summed E-state index contributed by atoms with van der Waals surface area (Å²) >= 11 is 0. The van der Waals surface area contributed by atoms with Crippen LogP contribution in [0.25, 0.3) is 0 Å². The average Bonchev–Trinajstić information content (AvgIpc) is 2.58. The third-order valence-electron chi connectivity index (χ3n) is 3.57. The molecule has 1 N–H and O–H groups in total. The van der Waals surface area contributed by atoms with E-state index in [0.29, 0.717) is 17.9 Å². The van der Waals surface area contributed by atoms with Crippen LogP contribution in [0.4, 0.5) is 0 Å². The minimum absolute atomic E-state index is 0.0830. The Morgan fingerprint density at radius 2 is 1.78 bits per heavy atom. The van der Waals surface area contributed by atoms with Gasteiger partial charge < -0.3 is 10.1 Å². The lowest BCUT2D eigenvalue weighted by Gasteiger charge is -2.09. The number of methoxy groups -OCH3 is 1. The molecule has 0 aliphatic heterocycles. The molecule has 2 rings (SSSR count). The number of aryl methyl sites for hydroxylation is 1. The van der Waals surface area contributed by atoms with Crippen molar-refractivity contribution in [3.05, 3.63) is 65.2 Å². The molecule has 0 radical (unpaired) electrons. The van der Waals surface area contributed by atoms with Crippen molar-refractivity contribution >= 4 is 11.7 Å². The maximum absolute atomic E-state index is 12.3. The number of nitrogens with one attached hydrogen (secondary N) is 1. The van der Waals surface area contributed by atoms with Crippen LogP contribution in [0.2, 0.25) is 0 Å². The molecule has 0 saturated heterocycles. The molecule has 0 aliphatic carbocycles. The van der Waals surface area contributed by atoms with Gasteiger partial charge in [-0.25, -0.2) is 0 Å². The van der Waals surface area contributed by atoms with Crippen molar-refractivity contribution in [2.75, 3.05) is 7.11 Å². The largest absolute Gasteiger partial charge is 0.496 e. The minimum Gasteiger partial charge on any atom is -0.496 e. The first-order valence-electron chi connectivity index (χ1n) is 7.58. The molecule has 0 unspecified atom stereocenters. The topological polar surface area (TPSA) is 55.4 Å². The number of amides is 1. The van der Waals surface area contributed by atoms with E-state index in [1.54, 1.807) is 12.1 Å². The first kappa shape index (κ1) is 16.7. The monoisotopic (exact) mass is 311 g/mol. The number of carbonyl (C=O) groups excluding carboxylic acids is 2. The Kier molecular flexibility index (Phi) is 5.92. The van der Waals surface area contributed by atoms with E-state index in [2.05, 4.69) is 5.32 Å². The molecule has 2 aromatic rings. The number of hydrogen-bond donors (Lipinski definition) is 1. The Labute approximate surface area is 136 Å². The van der Waals surface area contributed by atoms with Crippen LogP contribution >= 0.6 is 0 Å². The summed E-state index contributed by atoms with van der Waals surface area (Å²) in [6, 6.07) is 15.1. The summed E-state index contributed by atoms with van der Waals surface area (Å²) in [7, 11) is 1.54. The van der Waals surface area contributed by atoms with Gasteiger partial charge in [0.05, 0.1) is 12.7 Å². The number of hydrogen-bond acceptors (Lipinski definition) is 3. The van der Waals surface area contributed by atoms with E-state index < -0.39 is 0 Å². The molecule has 4 nitrogen and oxygen atoms in total. The van der Waals surface area contributed by atoms with Crippen LogP contribution in [0.5, 0.6) is 5.75 Å². The standard InChI is InChI=1S/C19H21NO3/c1-14-8-10-18(23-2)16(12-14)17(21)9-11-19(22)20-13-15-6-4-3-5-7-15/h3-8,10,12H,9,11,13H2,1-2H3,(H,20,22). The van der Waals surface area contributed by atoms with Gasteiger partial charge in [0.15, 0.2) is 5.78 Å². The minimum atomic E-state index is -0.131. The van der Waals surface area contributed by atoms with E-state index in [1.165, 1.54) is 7.11 Å². The SMILES string of the molecule is COc1ccc(C)cc1C(=O)CCC(=O)NCc1ccccc1. The average molecular weight is 311 g/mol. The summed E-state index contributed by atoms with van der Waals surface area (Å²) in [5, 5.41) is 2.82. The van der Waals surface area contributed by atoms with Gasteiger partial charge in [-0.1, -0.05) is 42.0 Å². The van der Waals surface area contributed by atoms with Crippen LogP contribution in [-0.2, 0) is 11.3 Å². The molecule has 1 amide bonds. The van der Waals surface area contributed by atoms with E-state index in [0.717, 1.165) is 11.1 Å². The molecule has 0 spiro atoms. The second kappa shape index (κ2) is 8.13. The summed E-state index contributed by atoms with van der Waals surface area (Å²) in [6.07, 6.45) is 0.337. The van der Waals surface area contributed by atoms with Crippen LogP contribution in [0.3, 0.4) is 0 Å². The van der Waals surface area contributed by atoms with E-state index in [1.807, 2.05) is 43.3 Å². The molecule has 0 atom stereocenters. The first-order valence-corrected chi connectivity index (χ1v) is 7.58. The summed E-state index contributed by atoms with van der Waals surface area (Å²) in [4.78, 5) is 24.2. The molecular formula is C19H21NO3. The second-order valence-corrected chi connectivity index (χ2v) is 5.39. The molecule has 23 heavy (non-hydrogen) atoms. The zero-order chi connectivity index (χ0) is 16.7. The normalized spacial score (nSPS) is 10.2. The van der Waals surface area contributed by atoms with Crippen molar-refractivity contribution in [1.82, 2.24) is 5.32 Å². The van der Waals surface area contributed by atoms with Crippen LogP contribution < -0.4 is 10.1 Å². The van der Waals surface area contributed by atoms with Gasteiger partial charge >= 0.3 is 0 Å². The van der Waals surface area contributed by atoms with Crippen molar-refractivity contribution in [2.24, 2.45) is 0 Å². The van der Waals surface area contributed by atoms with Crippen LogP contribution in [0.15, 0.2) is 48.5 Å². The van der Waals surface area contributed by atoms with Gasteiger partial charge in [0, 0.05) is 19.4 Å². The quantitative estimate of drug-likeness (QED) is 0.798. The molecule has 0 saturated carbocycles. The van der Waals surface area contributed by atoms with Crippen LogP contribution in [-0.4, -0.2) is 18.8 Å². The third-order valence-corrected chi connectivity index (χ3v) is 3.57. The summed E-state index contributed by atoms with van der Waals surface area (Å²) < 4.78 is 5.21. The van der Waals surface area contributed by atoms with Crippen molar-refractivity contribution in [1.29, 1.82) is 0 Å². The van der Waals surface area contributed by atoms with Crippen molar-refractivity contribution in [2.45, 2.75) is 26.3 Å². The van der Waals surface area contributed by atoms with Gasteiger partial charge in [0.25, 0.3) is 0 Å². The molecule has 2 aromatic carbocycles. The van der Waals surface area contributed by atoms with Crippen molar-refractivity contribution < 1.29 is 14.3 Å². The van der Waals surface area contributed by atoms with Crippen molar-refractivity contribution in [3.8, 4) is 5.75 Å². The Balaban J connectivity index is 1.86. The molecule has 4 heteroatoms. The molecule has 0 aromatic heterocycles. The Morgan fingerprint density at radius 1 is 1.04 bits per heavy atom. The maximum Gasteiger partial charge on any atom is 0.220 e. The highest BCUT2D eigenvalue weighted by molar-refractivity contribution is 6.00. The third kappa shape index (κ3) is 4.95. The van der Waals surface area contributed by atoms with E-state index in [4.69, 9.17) is 4.74 Å². The van der Waals surface area contributed by atoms with Gasteiger partial charge in [-0.3, -0.25) is 9.59 Å². The highest BCUT2D eigenvalue weighted by Gasteiger charge is 2.14. The molecule has 0 fully saturated rings. The Morgan fingerprint density at radius 3 is 2.48 bits per heavy atom. The van der Waals surface area contributed by atoms with E-state index in [-0.39, 0.29) is 24.5 Å². The fraction of sp³-hybridized carbons (Fsp3) is 0.263. The summed E-state index contributed by atoms with van der Waals surface area (Å²) in [5.41, 5.74) is 2.55. The lowest BCUT2D eigenvalue weighted by atomic mass is 10.0. The Bertz CT molecular complexity index is 680. The second-order valence-electron chi connectivity index (χ2n) is 5.39. The zero-order valence-corrected chi connectivity index (χ0v) is 13.5. The predicted molar refractivity (Wildman–Crippen MR) is 89.6 cm³/mol. The highest BCUT2D eigenvalue weighted by atomic mass is 16.5. The summed E-state index contributed by atoms with van der Waals surface area (Å²) in [5.74, 6) is 0.333. The zero-order valence-electron chi connectivity index (χ0n) is 13.5. The maximum atomic E-state index is 12.3. The number of Topliss-reactive ketones (excluding diaryl/α,β-unsaturated/α-hetero) is 1. The van der Waals surface area contributed by atoms with Gasteiger partial charge in [0.2, 0.25) is 5.91 Å². The van der Waals surface area contributed by atoms with E-state index >= 15 is 0 Å². The fourth-order valence-corrected chi connectivity index (χ4v) is 2.29. The van der Waals surface area contributed by atoms with Gasteiger partial charge in [-0.05, 0) is 24.6 Å². The number of benzene rings is 2. The first-order chi connectivity index (χ1) is 11.1. The number of ketones is 1. The fourth-order valence-electron chi connectivity index (χ4n) is 2.29. The predicted octanol–water partition coefficient (Wildman–Crippen LogP) is 3.28.